The van der Waals surface area contributed by atoms with Crippen LogP contribution in [0.5, 0.6) is 0 Å². The van der Waals surface area contributed by atoms with Gasteiger partial charge in [0.15, 0.2) is 6.10 Å². The van der Waals surface area contributed by atoms with Crippen LogP contribution in [0.1, 0.15) is 30.1 Å². The van der Waals surface area contributed by atoms with Crippen LogP contribution in [0.3, 0.4) is 0 Å². The molecule has 1 aliphatic rings. The molecule has 0 aliphatic carbocycles. The first-order valence-electron chi connectivity index (χ1n) is 6.13. The van der Waals surface area contributed by atoms with Gasteiger partial charge in [0, 0.05) is 18.7 Å². The van der Waals surface area contributed by atoms with E-state index in [1.165, 1.54) is 6.92 Å². The molecule has 0 N–H and O–H groups in total. The molecule has 98 valence electrons. The van der Waals surface area contributed by atoms with Crippen LogP contribution in [0.2, 0.25) is 0 Å². The molecule has 1 atom stereocenters. The summed E-state index contributed by atoms with van der Waals surface area (Å²) in [6.45, 7) is 2.23. The predicted molar refractivity (Wildman–Crippen MR) is 68.5 cm³/mol. The van der Waals surface area contributed by atoms with Crippen molar-refractivity contribution in [3.63, 3.8) is 0 Å². The molecule has 0 saturated carbocycles. The highest BCUT2D eigenvalue weighted by Crippen LogP contribution is 2.21. The minimum atomic E-state index is -0.771. The summed E-state index contributed by atoms with van der Waals surface area (Å²) >= 11 is 0. The Hall–Kier alpha value is -2.35. The van der Waals surface area contributed by atoms with Gasteiger partial charge in [0.1, 0.15) is 6.07 Å². The van der Waals surface area contributed by atoms with Gasteiger partial charge < -0.3 is 9.64 Å². The van der Waals surface area contributed by atoms with Crippen LogP contribution in [-0.4, -0.2) is 24.5 Å². The Morgan fingerprint density at radius 1 is 1.42 bits per heavy atom. The van der Waals surface area contributed by atoms with Gasteiger partial charge in [0.25, 0.3) is 0 Å². The smallest absolute Gasteiger partial charge is 0.339 e. The fourth-order valence-electron chi connectivity index (χ4n) is 1.95. The summed E-state index contributed by atoms with van der Waals surface area (Å²) in [4.78, 5) is 24.9. The van der Waals surface area contributed by atoms with Gasteiger partial charge in [-0.05, 0) is 37.6 Å². The number of amides is 1. The summed E-state index contributed by atoms with van der Waals surface area (Å²) < 4.78 is 4.89. The molecule has 2 rings (SSSR count). The van der Waals surface area contributed by atoms with Crippen molar-refractivity contribution in [1.29, 1.82) is 5.26 Å². The van der Waals surface area contributed by atoms with Crippen molar-refractivity contribution < 1.29 is 14.3 Å². The maximum atomic E-state index is 11.7. The van der Waals surface area contributed by atoms with E-state index in [9.17, 15) is 9.59 Å². The molecule has 5 nitrogen and oxygen atoms in total. The molecular formula is C14H14N2O3. The van der Waals surface area contributed by atoms with Crippen molar-refractivity contribution in [1.82, 2.24) is 0 Å². The zero-order valence-corrected chi connectivity index (χ0v) is 10.6. The van der Waals surface area contributed by atoms with Crippen molar-refractivity contribution in [3.8, 4) is 6.07 Å². The first-order chi connectivity index (χ1) is 9.11. The number of anilines is 1. The number of nitriles is 1. The van der Waals surface area contributed by atoms with E-state index in [0.717, 1.165) is 12.1 Å². The summed E-state index contributed by atoms with van der Waals surface area (Å²) in [6.07, 6.45) is 0.665. The first kappa shape index (κ1) is 13.1. The highest BCUT2D eigenvalue weighted by molar-refractivity contribution is 5.96. The van der Waals surface area contributed by atoms with Crippen LogP contribution in [0.15, 0.2) is 24.3 Å². The lowest BCUT2D eigenvalue weighted by molar-refractivity contribution is -0.117. The lowest BCUT2D eigenvalue weighted by atomic mass is 10.2. The van der Waals surface area contributed by atoms with E-state index in [1.807, 2.05) is 6.07 Å². The van der Waals surface area contributed by atoms with Crippen molar-refractivity contribution >= 4 is 17.6 Å². The molecular weight excluding hydrogens is 244 g/mol. The number of carbonyl (C=O) groups is 2. The molecule has 1 aliphatic heterocycles. The van der Waals surface area contributed by atoms with Crippen LogP contribution in [0.25, 0.3) is 0 Å². The molecule has 0 unspecified atom stereocenters. The van der Waals surface area contributed by atoms with Gasteiger partial charge in [0.2, 0.25) is 5.91 Å². The van der Waals surface area contributed by atoms with Crippen molar-refractivity contribution in [2.45, 2.75) is 25.9 Å². The lowest BCUT2D eigenvalue weighted by Gasteiger charge is -2.15. The molecule has 1 fully saturated rings. The summed E-state index contributed by atoms with van der Waals surface area (Å²) in [7, 11) is 0. The molecule has 1 aromatic carbocycles. The summed E-state index contributed by atoms with van der Waals surface area (Å²) in [5, 5.41) is 8.58. The topological polar surface area (TPSA) is 70.4 Å². The molecule has 1 aromatic rings. The molecule has 0 aromatic heterocycles. The van der Waals surface area contributed by atoms with Crippen LogP contribution < -0.4 is 4.90 Å². The minimum Gasteiger partial charge on any atom is -0.444 e. The number of rotatable bonds is 3. The van der Waals surface area contributed by atoms with Crippen molar-refractivity contribution in [2.24, 2.45) is 0 Å². The van der Waals surface area contributed by atoms with Crippen molar-refractivity contribution in [3.05, 3.63) is 29.8 Å². The Labute approximate surface area is 111 Å². The number of esters is 1. The highest BCUT2D eigenvalue weighted by Gasteiger charge is 2.21. The summed E-state index contributed by atoms with van der Waals surface area (Å²) in [5.74, 6) is -0.429. The Kier molecular flexibility index (Phi) is 3.81. The van der Waals surface area contributed by atoms with E-state index in [1.54, 1.807) is 29.2 Å². The van der Waals surface area contributed by atoms with Gasteiger partial charge in [-0.15, -0.1) is 0 Å². The van der Waals surface area contributed by atoms with Gasteiger partial charge in [-0.25, -0.2) is 4.79 Å². The Morgan fingerprint density at radius 3 is 2.63 bits per heavy atom. The third-order valence-electron chi connectivity index (χ3n) is 2.95. The normalized spacial score (nSPS) is 16.0. The zero-order chi connectivity index (χ0) is 13.8. The van der Waals surface area contributed by atoms with E-state index < -0.39 is 12.1 Å². The van der Waals surface area contributed by atoms with Crippen molar-refractivity contribution in [2.75, 3.05) is 11.4 Å². The van der Waals surface area contributed by atoms with E-state index in [2.05, 4.69) is 0 Å². The fraction of sp³-hybridized carbons (Fsp3) is 0.357. The van der Waals surface area contributed by atoms with Gasteiger partial charge >= 0.3 is 5.97 Å². The number of hydrogen-bond acceptors (Lipinski definition) is 4. The first-order valence-corrected chi connectivity index (χ1v) is 6.13. The van der Waals surface area contributed by atoms with E-state index >= 15 is 0 Å². The standard InChI is InChI=1S/C14H14N2O3/c1-10(9-15)19-14(18)11-4-6-12(7-5-11)16-8-2-3-13(16)17/h4-7,10H,2-3,8H2,1H3/t10-/m1/s1. The third kappa shape index (κ3) is 2.91. The predicted octanol–water partition coefficient (Wildman–Crippen LogP) is 1.88. The van der Waals surface area contributed by atoms with E-state index in [-0.39, 0.29) is 5.91 Å². The molecule has 1 heterocycles. The lowest BCUT2D eigenvalue weighted by Crippen LogP contribution is -2.23. The second kappa shape index (κ2) is 5.53. The molecule has 0 spiro atoms. The molecule has 1 amide bonds. The Morgan fingerprint density at radius 2 is 2.11 bits per heavy atom. The average molecular weight is 258 g/mol. The van der Waals surface area contributed by atoms with Gasteiger partial charge in [-0.3, -0.25) is 4.79 Å². The molecule has 19 heavy (non-hydrogen) atoms. The van der Waals surface area contributed by atoms with Crippen LogP contribution in [-0.2, 0) is 9.53 Å². The van der Waals surface area contributed by atoms with E-state index in [0.29, 0.717) is 18.5 Å². The third-order valence-corrected chi connectivity index (χ3v) is 2.95. The van der Waals surface area contributed by atoms with Crippen LogP contribution in [0, 0.1) is 11.3 Å². The second-order valence-corrected chi connectivity index (χ2v) is 4.37. The van der Waals surface area contributed by atoms with Crippen LogP contribution >= 0.6 is 0 Å². The van der Waals surface area contributed by atoms with Gasteiger partial charge in [0.05, 0.1) is 5.56 Å². The molecule has 5 heteroatoms. The molecule has 1 saturated heterocycles. The maximum absolute atomic E-state index is 11.7. The maximum Gasteiger partial charge on any atom is 0.339 e. The Bertz CT molecular complexity index is 531. The zero-order valence-electron chi connectivity index (χ0n) is 10.6. The SMILES string of the molecule is C[C@H](C#N)OC(=O)c1ccc(N2CCCC2=O)cc1. The average Bonchev–Trinajstić information content (AvgIpc) is 2.85. The quantitative estimate of drug-likeness (QED) is 0.776. The monoisotopic (exact) mass is 258 g/mol. The molecule has 0 radical (unpaired) electrons. The minimum absolute atomic E-state index is 0.105. The largest absolute Gasteiger partial charge is 0.444 e. The molecule has 0 bridgehead atoms. The number of nitrogens with zero attached hydrogens (tertiary/aromatic N) is 2. The number of hydrogen-bond donors (Lipinski definition) is 0. The summed E-state index contributed by atoms with van der Waals surface area (Å²) in [6, 6.07) is 8.48. The van der Waals surface area contributed by atoms with Gasteiger partial charge in [-0.2, -0.15) is 5.26 Å². The van der Waals surface area contributed by atoms with Gasteiger partial charge in [-0.1, -0.05) is 0 Å². The number of carbonyl (C=O) groups excluding carboxylic acids is 2. The number of ether oxygens (including phenoxy) is 1. The fourth-order valence-corrected chi connectivity index (χ4v) is 1.95. The van der Waals surface area contributed by atoms with E-state index in [4.69, 9.17) is 10.00 Å². The van der Waals surface area contributed by atoms with Crippen LogP contribution in [0.4, 0.5) is 5.69 Å². The second-order valence-electron chi connectivity index (χ2n) is 4.37. The number of benzene rings is 1. The highest BCUT2D eigenvalue weighted by atomic mass is 16.5. The Balaban J connectivity index is 2.08. The summed E-state index contributed by atoms with van der Waals surface area (Å²) in [5.41, 5.74) is 1.16.